The lowest BCUT2D eigenvalue weighted by Gasteiger charge is -2.28. The molecule has 4 nitrogen and oxygen atoms in total. The molecule has 1 aromatic heterocycles. The zero-order valence-corrected chi connectivity index (χ0v) is 12.6. The Morgan fingerprint density at radius 3 is 1.95 bits per heavy atom. The molecular formula is C16H26N4. The summed E-state index contributed by atoms with van der Waals surface area (Å²) in [6.07, 6.45) is 9.21. The van der Waals surface area contributed by atoms with Crippen molar-refractivity contribution in [3.63, 3.8) is 0 Å². The lowest BCUT2D eigenvalue weighted by Crippen LogP contribution is -2.32. The first-order chi connectivity index (χ1) is 9.83. The van der Waals surface area contributed by atoms with Crippen LogP contribution in [0.4, 0.5) is 11.8 Å². The molecule has 110 valence electrons. The number of aryl methyl sites for hydroxylation is 1. The summed E-state index contributed by atoms with van der Waals surface area (Å²) in [6, 6.07) is 2.15. The Kier molecular flexibility index (Phi) is 4.38. The molecule has 20 heavy (non-hydrogen) atoms. The molecule has 2 fully saturated rings. The van der Waals surface area contributed by atoms with Gasteiger partial charge in [0.05, 0.1) is 0 Å². The standard InChI is InChI=1S/C16H26N4/c1-14-13-15(19-9-5-2-3-6-10-19)18-16(17-14)20-11-7-4-8-12-20/h13H,2-12H2,1H3. The highest BCUT2D eigenvalue weighted by Crippen LogP contribution is 2.22. The Bertz CT molecular complexity index is 432. The summed E-state index contributed by atoms with van der Waals surface area (Å²) >= 11 is 0. The van der Waals surface area contributed by atoms with Crippen LogP contribution in [0.3, 0.4) is 0 Å². The van der Waals surface area contributed by atoms with Gasteiger partial charge >= 0.3 is 0 Å². The molecule has 0 radical (unpaired) electrons. The average Bonchev–Trinajstić information content (AvgIpc) is 2.77. The number of rotatable bonds is 2. The number of aromatic nitrogens is 2. The van der Waals surface area contributed by atoms with Crippen LogP contribution in [0.15, 0.2) is 6.07 Å². The maximum atomic E-state index is 4.86. The second-order valence-electron chi connectivity index (χ2n) is 6.12. The molecule has 0 aromatic carbocycles. The summed E-state index contributed by atoms with van der Waals surface area (Å²) < 4.78 is 0. The predicted molar refractivity (Wildman–Crippen MR) is 83.5 cm³/mol. The van der Waals surface area contributed by atoms with Gasteiger partial charge in [0.2, 0.25) is 5.95 Å². The summed E-state index contributed by atoms with van der Waals surface area (Å²) in [7, 11) is 0. The normalized spacial score (nSPS) is 20.9. The Morgan fingerprint density at radius 1 is 0.750 bits per heavy atom. The van der Waals surface area contributed by atoms with E-state index in [4.69, 9.17) is 4.98 Å². The lowest BCUT2D eigenvalue weighted by molar-refractivity contribution is 0.567. The highest BCUT2D eigenvalue weighted by molar-refractivity contribution is 5.46. The van der Waals surface area contributed by atoms with E-state index >= 15 is 0 Å². The predicted octanol–water partition coefficient (Wildman–Crippen LogP) is 3.16. The van der Waals surface area contributed by atoms with Crippen molar-refractivity contribution in [2.45, 2.75) is 51.9 Å². The van der Waals surface area contributed by atoms with Crippen molar-refractivity contribution in [1.82, 2.24) is 9.97 Å². The van der Waals surface area contributed by atoms with Gasteiger partial charge in [0.25, 0.3) is 0 Å². The monoisotopic (exact) mass is 274 g/mol. The van der Waals surface area contributed by atoms with Crippen LogP contribution in [0.1, 0.15) is 50.6 Å². The second-order valence-corrected chi connectivity index (χ2v) is 6.12. The van der Waals surface area contributed by atoms with Crippen molar-refractivity contribution in [2.75, 3.05) is 36.0 Å². The van der Waals surface area contributed by atoms with E-state index in [1.54, 1.807) is 0 Å². The number of hydrogen-bond donors (Lipinski definition) is 0. The van der Waals surface area contributed by atoms with Crippen LogP contribution in [-0.4, -0.2) is 36.1 Å². The van der Waals surface area contributed by atoms with Crippen LogP contribution in [-0.2, 0) is 0 Å². The van der Waals surface area contributed by atoms with Crippen LogP contribution in [0.25, 0.3) is 0 Å². The summed E-state index contributed by atoms with van der Waals surface area (Å²) in [6.45, 7) is 6.62. The summed E-state index contributed by atoms with van der Waals surface area (Å²) in [5.74, 6) is 2.09. The molecule has 2 aliphatic heterocycles. The van der Waals surface area contributed by atoms with Crippen molar-refractivity contribution < 1.29 is 0 Å². The molecule has 2 saturated heterocycles. The Morgan fingerprint density at radius 2 is 1.30 bits per heavy atom. The zero-order valence-electron chi connectivity index (χ0n) is 12.6. The highest BCUT2D eigenvalue weighted by atomic mass is 15.3. The SMILES string of the molecule is Cc1cc(N2CCCCCC2)nc(N2CCCCC2)n1. The largest absolute Gasteiger partial charge is 0.356 e. The van der Waals surface area contributed by atoms with Crippen molar-refractivity contribution in [2.24, 2.45) is 0 Å². The average molecular weight is 274 g/mol. The Balaban J connectivity index is 1.81. The van der Waals surface area contributed by atoms with E-state index in [0.29, 0.717) is 0 Å². The van der Waals surface area contributed by atoms with E-state index in [2.05, 4.69) is 27.8 Å². The van der Waals surface area contributed by atoms with Crippen LogP contribution in [0.2, 0.25) is 0 Å². The molecule has 0 unspecified atom stereocenters. The van der Waals surface area contributed by atoms with Crippen LogP contribution < -0.4 is 9.80 Å². The van der Waals surface area contributed by atoms with Crippen LogP contribution >= 0.6 is 0 Å². The fourth-order valence-electron chi connectivity index (χ4n) is 3.23. The van der Waals surface area contributed by atoms with Gasteiger partial charge in [0.1, 0.15) is 5.82 Å². The molecule has 3 rings (SSSR count). The Hall–Kier alpha value is -1.32. The van der Waals surface area contributed by atoms with Gasteiger partial charge < -0.3 is 9.80 Å². The minimum atomic E-state index is 0.948. The molecule has 2 aliphatic rings. The maximum absolute atomic E-state index is 4.86. The fraction of sp³-hybridized carbons (Fsp3) is 0.750. The first kappa shape index (κ1) is 13.7. The zero-order chi connectivity index (χ0) is 13.8. The molecule has 0 N–H and O–H groups in total. The van der Waals surface area contributed by atoms with Gasteiger partial charge in [-0.1, -0.05) is 12.8 Å². The van der Waals surface area contributed by atoms with Crippen molar-refractivity contribution >= 4 is 11.8 Å². The molecule has 0 amide bonds. The van der Waals surface area contributed by atoms with Gasteiger partial charge in [-0.15, -0.1) is 0 Å². The van der Waals surface area contributed by atoms with Gasteiger partial charge in [-0.2, -0.15) is 4.98 Å². The van der Waals surface area contributed by atoms with Crippen molar-refractivity contribution in [3.8, 4) is 0 Å². The quantitative estimate of drug-likeness (QED) is 0.829. The van der Waals surface area contributed by atoms with Gasteiger partial charge in [-0.3, -0.25) is 0 Å². The lowest BCUT2D eigenvalue weighted by atomic mass is 10.1. The van der Waals surface area contributed by atoms with Crippen LogP contribution in [0, 0.1) is 6.92 Å². The third kappa shape index (κ3) is 3.22. The summed E-state index contributed by atoms with van der Waals surface area (Å²) in [5, 5.41) is 0. The molecule has 0 bridgehead atoms. The smallest absolute Gasteiger partial charge is 0.227 e. The Labute approximate surface area is 122 Å². The van der Waals surface area contributed by atoms with Gasteiger partial charge in [0.15, 0.2) is 0 Å². The van der Waals surface area contributed by atoms with E-state index in [1.165, 1.54) is 44.9 Å². The van der Waals surface area contributed by atoms with Gasteiger partial charge in [-0.25, -0.2) is 4.98 Å². The molecule has 4 heteroatoms. The summed E-state index contributed by atoms with van der Waals surface area (Å²) in [4.78, 5) is 14.3. The van der Waals surface area contributed by atoms with Gasteiger partial charge in [-0.05, 0) is 39.0 Å². The summed E-state index contributed by atoms with van der Waals surface area (Å²) in [5.41, 5.74) is 1.10. The van der Waals surface area contributed by atoms with E-state index < -0.39 is 0 Å². The van der Waals surface area contributed by atoms with Crippen LogP contribution in [0.5, 0.6) is 0 Å². The topological polar surface area (TPSA) is 32.3 Å². The van der Waals surface area contributed by atoms with E-state index in [9.17, 15) is 0 Å². The van der Waals surface area contributed by atoms with E-state index in [1.807, 2.05) is 0 Å². The highest BCUT2D eigenvalue weighted by Gasteiger charge is 2.17. The number of nitrogens with zero attached hydrogens (tertiary/aromatic N) is 4. The van der Waals surface area contributed by atoms with Crippen molar-refractivity contribution in [1.29, 1.82) is 0 Å². The van der Waals surface area contributed by atoms with E-state index in [-0.39, 0.29) is 0 Å². The van der Waals surface area contributed by atoms with Crippen molar-refractivity contribution in [3.05, 3.63) is 11.8 Å². The maximum Gasteiger partial charge on any atom is 0.227 e. The number of piperidine rings is 1. The minimum absolute atomic E-state index is 0.948. The number of anilines is 2. The molecule has 0 aliphatic carbocycles. The number of hydrogen-bond acceptors (Lipinski definition) is 4. The third-order valence-corrected chi connectivity index (χ3v) is 4.40. The second kappa shape index (κ2) is 6.42. The molecule has 0 spiro atoms. The molecule has 1 aromatic rings. The third-order valence-electron chi connectivity index (χ3n) is 4.40. The van der Waals surface area contributed by atoms with Gasteiger partial charge in [0, 0.05) is 37.9 Å². The fourth-order valence-corrected chi connectivity index (χ4v) is 3.23. The molecular weight excluding hydrogens is 248 g/mol. The minimum Gasteiger partial charge on any atom is -0.356 e. The first-order valence-corrected chi connectivity index (χ1v) is 8.18. The molecule has 0 atom stereocenters. The molecule has 3 heterocycles. The first-order valence-electron chi connectivity index (χ1n) is 8.18. The van der Waals surface area contributed by atoms with E-state index in [0.717, 1.165) is 43.6 Å². The molecule has 0 saturated carbocycles.